The Morgan fingerprint density at radius 3 is 1.36 bits per heavy atom. The maximum atomic E-state index is 12.4. The first kappa shape index (κ1) is 53.5. The van der Waals surface area contributed by atoms with Crippen molar-refractivity contribution in [3.05, 3.63) is 72.9 Å². The highest BCUT2D eigenvalue weighted by molar-refractivity contribution is 7.46. The number of carbonyl (C=O) groups is 2. The third-order valence-electron chi connectivity index (χ3n) is 9.21. The van der Waals surface area contributed by atoms with E-state index in [9.17, 15) is 14.2 Å². The standard InChI is InChI=1S/C47H81O8P/c1-3-5-7-9-11-13-15-17-19-21-22-23-24-26-27-29-31-33-35-37-39-41-46(48)53-43-45(44-54-56(50,51)52)55-47(49)42-40-38-36-34-32-30-28-25-20-18-16-14-12-10-8-6-4-2/h6,8,12,14,17-20,28,30,34,36,45H,3-5,7,9-11,13,15-16,21-27,29,31-33,35,37-44H2,1-2H3,(H2,50,51,52)/b8-6-,14-12-,19-17-,20-18-,30-28-,36-34-/t45-/m1/s1. The second-order valence-corrected chi connectivity index (χ2v) is 15.9. The number of unbranched alkanes of at least 4 members (excludes halogenated alkanes) is 18. The van der Waals surface area contributed by atoms with Crippen LogP contribution in [-0.2, 0) is 28.2 Å². The third-order valence-corrected chi connectivity index (χ3v) is 9.69. The van der Waals surface area contributed by atoms with Crippen LogP contribution < -0.4 is 0 Å². The van der Waals surface area contributed by atoms with Crippen LogP contribution in [0.3, 0.4) is 0 Å². The quantitative estimate of drug-likeness (QED) is 0.0272. The van der Waals surface area contributed by atoms with E-state index >= 15 is 0 Å². The molecule has 0 saturated heterocycles. The molecule has 0 bridgehead atoms. The van der Waals surface area contributed by atoms with Crippen LogP contribution in [-0.4, -0.2) is 41.0 Å². The van der Waals surface area contributed by atoms with E-state index in [1.54, 1.807) is 0 Å². The fourth-order valence-electron chi connectivity index (χ4n) is 5.93. The summed E-state index contributed by atoms with van der Waals surface area (Å²) in [7, 11) is -4.77. The highest BCUT2D eigenvalue weighted by Crippen LogP contribution is 2.36. The molecule has 0 fully saturated rings. The topological polar surface area (TPSA) is 119 Å². The lowest BCUT2D eigenvalue weighted by atomic mass is 10.0. The number of ether oxygens (including phenoxy) is 2. The van der Waals surface area contributed by atoms with Crippen LogP contribution >= 0.6 is 7.82 Å². The maximum Gasteiger partial charge on any atom is 0.469 e. The highest BCUT2D eigenvalue weighted by atomic mass is 31.2. The Morgan fingerprint density at radius 1 is 0.482 bits per heavy atom. The first-order valence-electron chi connectivity index (χ1n) is 22.2. The predicted molar refractivity (Wildman–Crippen MR) is 234 cm³/mol. The van der Waals surface area contributed by atoms with Crippen LogP contribution in [0.2, 0.25) is 0 Å². The van der Waals surface area contributed by atoms with Crippen molar-refractivity contribution in [2.75, 3.05) is 13.2 Å². The van der Waals surface area contributed by atoms with Gasteiger partial charge in [-0.1, -0.05) is 177 Å². The molecule has 56 heavy (non-hydrogen) atoms. The van der Waals surface area contributed by atoms with Gasteiger partial charge in [0, 0.05) is 12.8 Å². The first-order chi connectivity index (χ1) is 27.3. The molecular weight excluding hydrogens is 723 g/mol. The van der Waals surface area contributed by atoms with Crippen molar-refractivity contribution >= 4 is 19.8 Å². The van der Waals surface area contributed by atoms with Gasteiger partial charge in [0.05, 0.1) is 6.61 Å². The summed E-state index contributed by atoms with van der Waals surface area (Å²) in [6, 6.07) is 0. The van der Waals surface area contributed by atoms with Crippen molar-refractivity contribution in [3.8, 4) is 0 Å². The van der Waals surface area contributed by atoms with Crippen LogP contribution in [0.5, 0.6) is 0 Å². The van der Waals surface area contributed by atoms with Gasteiger partial charge in [-0.3, -0.25) is 14.1 Å². The number of rotatable bonds is 40. The third kappa shape index (κ3) is 44.2. The number of esters is 2. The van der Waals surface area contributed by atoms with Crippen LogP contribution in [0.15, 0.2) is 72.9 Å². The SMILES string of the molecule is CC/C=C\C/C=C\C/C=C\C/C=C\C/C=C\CCCC(=O)O[C@H](COC(=O)CCCCCCCCCCCCC/C=C\CCCCCCCC)COP(=O)(O)O. The predicted octanol–water partition coefficient (Wildman–Crippen LogP) is 13.9. The molecule has 0 aromatic heterocycles. The molecule has 322 valence electrons. The van der Waals surface area contributed by atoms with Crippen molar-refractivity contribution in [2.24, 2.45) is 0 Å². The summed E-state index contributed by atoms with van der Waals surface area (Å²) in [5, 5.41) is 0. The molecule has 0 aliphatic carbocycles. The Morgan fingerprint density at radius 2 is 0.875 bits per heavy atom. The minimum absolute atomic E-state index is 0.131. The lowest BCUT2D eigenvalue weighted by Crippen LogP contribution is -2.29. The van der Waals surface area contributed by atoms with Gasteiger partial charge in [-0.2, -0.15) is 0 Å². The molecule has 0 aromatic carbocycles. The molecule has 0 unspecified atom stereocenters. The van der Waals surface area contributed by atoms with Gasteiger partial charge in [0.1, 0.15) is 6.61 Å². The Bertz CT molecular complexity index is 1130. The number of allylic oxidation sites excluding steroid dienone is 12. The van der Waals surface area contributed by atoms with Gasteiger partial charge in [-0.25, -0.2) is 4.57 Å². The van der Waals surface area contributed by atoms with Crippen LogP contribution in [0.1, 0.15) is 194 Å². The molecule has 9 heteroatoms. The molecule has 0 aliphatic rings. The molecule has 0 rings (SSSR count). The summed E-state index contributed by atoms with van der Waals surface area (Å²) in [5.74, 6) is -0.955. The van der Waals surface area contributed by atoms with Crippen molar-refractivity contribution in [1.29, 1.82) is 0 Å². The van der Waals surface area contributed by atoms with Gasteiger partial charge in [0.25, 0.3) is 0 Å². The summed E-state index contributed by atoms with van der Waals surface area (Å²) in [6.07, 6.45) is 54.9. The Labute approximate surface area is 342 Å². The average Bonchev–Trinajstić information content (AvgIpc) is 3.17. The van der Waals surface area contributed by atoms with E-state index in [4.69, 9.17) is 19.3 Å². The summed E-state index contributed by atoms with van der Waals surface area (Å²) in [4.78, 5) is 42.9. The normalized spacial score (nSPS) is 13.1. The minimum Gasteiger partial charge on any atom is -0.462 e. The van der Waals surface area contributed by atoms with Gasteiger partial charge in [-0.15, -0.1) is 0 Å². The van der Waals surface area contributed by atoms with Gasteiger partial charge < -0.3 is 19.3 Å². The zero-order chi connectivity index (χ0) is 41.1. The van der Waals surface area contributed by atoms with Crippen molar-refractivity contribution in [1.82, 2.24) is 0 Å². The highest BCUT2D eigenvalue weighted by Gasteiger charge is 2.22. The number of phosphoric ester groups is 1. The van der Waals surface area contributed by atoms with Crippen molar-refractivity contribution < 1.29 is 37.9 Å². The fraction of sp³-hybridized carbons (Fsp3) is 0.702. The van der Waals surface area contributed by atoms with E-state index in [2.05, 4.69) is 85.2 Å². The van der Waals surface area contributed by atoms with Gasteiger partial charge in [-0.05, 0) is 77.0 Å². The van der Waals surface area contributed by atoms with Crippen molar-refractivity contribution in [2.45, 2.75) is 200 Å². The number of phosphoric acid groups is 1. The zero-order valence-electron chi connectivity index (χ0n) is 35.5. The molecule has 1 atom stereocenters. The van der Waals surface area contributed by atoms with Gasteiger partial charge >= 0.3 is 19.8 Å². The van der Waals surface area contributed by atoms with Crippen LogP contribution in [0.25, 0.3) is 0 Å². The average molecular weight is 805 g/mol. The number of hydrogen-bond acceptors (Lipinski definition) is 6. The Kier molecular flexibility index (Phi) is 40.2. The number of carbonyl (C=O) groups excluding carboxylic acids is 2. The molecule has 0 aliphatic heterocycles. The van der Waals surface area contributed by atoms with Crippen LogP contribution in [0.4, 0.5) is 0 Å². The van der Waals surface area contributed by atoms with Crippen molar-refractivity contribution in [3.63, 3.8) is 0 Å². The summed E-state index contributed by atoms with van der Waals surface area (Å²) >= 11 is 0. The van der Waals surface area contributed by atoms with E-state index in [0.717, 1.165) is 51.4 Å². The molecule has 2 N–H and O–H groups in total. The fourth-order valence-corrected chi connectivity index (χ4v) is 6.29. The van der Waals surface area contributed by atoms with E-state index in [0.29, 0.717) is 19.3 Å². The smallest absolute Gasteiger partial charge is 0.462 e. The monoisotopic (exact) mass is 805 g/mol. The van der Waals surface area contributed by atoms with Gasteiger partial charge in [0.15, 0.2) is 6.10 Å². The second kappa shape index (κ2) is 42.1. The molecular formula is C47H81O8P. The van der Waals surface area contributed by atoms with E-state index in [1.165, 1.54) is 96.3 Å². The second-order valence-electron chi connectivity index (χ2n) is 14.6. The summed E-state index contributed by atoms with van der Waals surface area (Å²) in [5.41, 5.74) is 0. The van der Waals surface area contributed by atoms with E-state index < -0.39 is 32.5 Å². The first-order valence-corrected chi connectivity index (χ1v) is 23.8. The minimum atomic E-state index is -4.77. The molecule has 0 radical (unpaired) electrons. The summed E-state index contributed by atoms with van der Waals surface area (Å²) < 4.78 is 26.4. The molecule has 0 spiro atoms. The zero-order valence-corrected chi connectivity index (χ0v) is 36.4. The van der Waals surface area contributed by atoms with Crippen LogP contribution in [0, 0.1) is 0 Å². The molecule has 0 heterocycles. The Hall–Kier alpha value is -2.51. The Balaban J connectivity index is 3.96. The lowest BCUT2D eigenvalue weighted by Gasteiger charge is -2.18. The largest absolute Gasteiger partial charge is 0.469 e. The molecule has 0 saturated carbocycles. The van der Waals surface area contributed by atoms with E-state index in [-0.39, 0.29) is 19.4 Å². The maximum absolute atomic E-state index is 12.4. The number of hydrogen-bond donors (Lipinski definition) is 2. The summed E-state index contributed by atoms with van der Waals surface area (Å²) in [6.45, 7) is 3.53. The molecule has 0 aromatic rings. The van der Waals surface area contributed by atoms with E-state index in [1.807, 2.05) is 6.08 Å². The van der Waals surface area contributed by atoms with Gasteiger partial charge in [0.2, 0.25) is 0 Å². The lowest BCUT2D eigenvalue weighted by molar-refractivity contribution is -0.161. The molecule has 8 nitrogen and oxygen atoms in total. The molecule has 0 amide bonds.